The van der Waals surface area contributed by atoms with Crippen molar-refractivity contribution in [3.8, 4) is 6.07 Å². The zero-order valence-electron chi connectivity index (χ0n) is 9.11. The molecular weight excluding hydrogens is 198 g/mol. The number of anilines is 2. The molecule has 82 valence electrons. The first kappa shape index (κ1) is 10.6. The maximum atomic E-state index is 8.88. The minimum Gasteiger partial charge on any atom is -0.396 e. The Morgan fingerprint density at radius 1 is 1.38 bits per heavy atom. The number of nitrogens with zero attached hydrogens (tertiary/aromatic N) is 1. The molecule has 1 aromatic rings. The lowest BCUT2D eigenvalue weighted by Gasteiger charge is -2.21. The van der Waals surface area contributed by atoms with Gasteiger partial charge in [-0.15, -0.1) is 0 Å². The molecule has 0 fully saturated rings. The average molecular weight is 213 g/mol. The number of nitrogen functional groups attached to an aromatic ring is 1. The fourth-order valence-electron chi connectivity index (χ4n) is 1.93. The third-order valence-electron chi connectivity index (χ3n) is 2.86. The first-order chi connectivity index (χ1) is 7.81. The summed E-state index contributed by atoms with van der Waals surface area (Å²) in [7, 11) is 0. The second-order valence-electron chi connectivity index (χ2n) is 4.00. The van der Waals surface area contributed by atoms with Gasteiger partial charge in [-0.25, -0.2) is 0 Å². The van der Waals surface area contributed by atoms with E-state index in [1.807, 2.05) is 12.1 Å². The lowest BCUT2D eigenvalue weighted by atomic mass is 10.0. The number of nitrogens with one attached hydrogen (secondary N) is 1. The van der Waals surface area contributed by atoms with Crippen LogP contribution in [-0.4, -0.2) is 6.04 Å². The molecule has 3 heteroatoms. The highest BCUT2D eigenvalue weighted by atomic mass is 14.9. The van der Waals surface area contributed by atoms with Crippen LogP contribution in [0.4, 0.5) is 11.4 Å². The largest absolute Gasteiger partial charge is 0.396 e. The van der Waals surface area contributed by atoms with Crippen LogP contribution in [-0.2, 0) is 0 Å². The predicted octanol–water partition coefficient (Wildman–Crippen LogP) is 2.66. The Bertz CT molecular complexity index is 443. The van der Waals surface area contributed by atoms with Crippen molar-refractivity contribution < 1.29 is 0 Å². The molecule has 1 aromatic carbocycles. The van der Waals surface area contributed by atoms with E-state index in [1.165, 1.54) is 0 Å². The molecule has 1 aliphatic rings. The molecule has 16 heavy (non-hydrogen) atoms. The number of hydrogen-bond donors (Lipinski definition) is 2. The maximum absolute atomic E-state index is 8.88. The Morgan fingerprint density at radius 3 is 2.94 bits per heavy atom. The molecule has 3 N–H and O–H groups in total. The summed E-state index contributed by atoms with van der Waals surface area (Å²) in [6.07, 6.45) is 7.64. The van der Waals surface area contributed by atoms with Crippen molar-refractivity contribution in [2.24, 2.45) is 0 Å². The summed E-state index contributed by atoms with van der Waals surface area (Å²) in [6.45, 7) is 0. The number of para-hydroxylation sites is 1. The van der Waals surface area contributed by atoms with Crippen LogP contribution >= 0.6 is 0 Å². The Kier molecular flexibility index (Phi) is 3.11. The van der Waals surface area contributed by atoms with Crippen molar-refractivity contribution in [3.63, 3.8) is 0 Å². The van der Waals surface area contributed by atoms with Crippen LogP contribution in [0, 0.1) is 11.3 Å². The molecule has 0 saturated heterocycles. The van der Waals surface area contributed by atoms with Gasteiger partial charge in [-0.05, 0) is 31.4 Å². The lowest BCUT2D eigenvalue weighted by Crippen LogP contribution is -2.21. The second-order valence-corrected chi connectivity index (χ2v) is 4.00. The third-order valence-corrected chi connectivity index (χ3v) is 2.86. The van der Waals surface area contributed by atoms with Crippen LogP contribution in [0.25, 0.3) is 0 Å². The lowest BCUT2D eigenvalue weighted by molar-refractivity contribution is 0.645. The van der Waals surface area contributed by atoms with Crippen LogP contribution in [0.1, 0.15) is 24.8 Å². The molecule has 0 amide bonds. The fraction of sp³-hybridized carbons (Fsp3) is 0.308. The van der Waals surface area contributed by atoms with Crippen LogP contribution in [0.15, 0.2) is 30.4 Å². The van der Waals surface area contributed by atoms with Crippen molar-refractivity contribution in [1.29, 1.82) is 5.26 Å². The Labute approximate surface area is 95.6 Å². The van der Waals surface area contributed by atoms with E-state index in [9.17, 15) is 0 Å². The molecule has 3 nitrogen and oxygen atoms in total. The zero-order chi connectivity index (χ0) is 11.4. The van der Waals surface area contributed by atoms with Crippen molar-refractivity contribution in [1.82, 2.24) is 0 Å². The van der Waals surface area contributed by atoms with Gasteiger partial charge in [-0.2, -0.15) is 5.26 Å². The van der Waals surface area contributed by atoms with Gasteiger partial charge in [0.2, 0.25) is 0 Å². The number of hydrogen-bond acceptors (Lipinski definition) is 3. The van der Waals surface area contributed by atoms with Gasteiger partial charge in [0.05, 0.1) is 16.9 Å². The summed E-state index contributed by atoms with van der Waals surface area (Å²) in [5, 5.41) is 12.3. The molecule has 0 saturated carbocycles. The molecule has 0 spiro atoms. The summed E-state index contributed by atoms with van der Waals surface area (Å²) >= 11 is 0. The van der Waals surface area contributed by atoms with E-state index in [-0.39, 0.29) is 0 Å². The van der Waals surface area contributed by atoms with Crippen molar-refractivity contribution >= 4 is 11.4 Å². The highest BCUT2D eigenvalue weighted by Crippen LogP contribution is 2.25. The van der Waals surface area contributed by atoms with Gasteiger partial charge in [-0.1, -0.05) is 18.2 Å². The molecular formula is C13H15N3. The van der Waals surface area contributed by atoms with Crippen molar-refractivity contribution in [2.45, 2.75) is 25.3 Å². The quantitative estimate of drug-likeness (QED) is 0.586. The van der Waals surface area contributed by atoms with E-state index in [0.717, 1.165) is 24.9 Å². The van der Waals surface area contributed by atoms with Crippen LogP contribution in [0.3, 0.4) is 0 Å². The van der Waals surface area contributed by atoms with E-state index < -0.39 is 0 Å². The van der Waals surface area contributed by atoms with E-state index in [2.05, 4.69) is 23.5 Å². The maximum Gasteiger partial charge on any atom is 0.101 e. The van der Waals surface area contributed by atoms with Gasteiger partial charge in [0.1, 0.15) is 6.07 Å². The smallest absolute Gasteiger partial charge is 0.101 e. The molecule has 0 heterocycles. The monoisotopic (exact) mass is 213 g/mol. The first-order valence-electron chi connectivity index (χ1n) is 5.51. The molecule has 0 aromatic heterocycles. The van der Waals surface area contributed by atoms with Gasteiger partial charge < -0.3 is 11.1 Å². The zero-order valence-corrected chi connectivity index (χ0v) is 9.11. The Hall–Kier alpha value is -1.95. The van der Waals surface area contributed by atoms with Crippen molar-refractivity contribution in [2.75, 3.05) is 11.1 Å². The van der Waals surface area contributed by atoms with Crippen LogP contribution in [0.2, 0.25) is 0 Å². The first-order valence-corrected chi connectivity index (χ1v) is 5.51. The summed E-state index contributed by atoms with van der Waals surface area (Å²) in [6, 6.07) is 8.05. The third kappa shape index (κ3) is 2.17. The highest BCUT2D eigenvalue weighted by molar-refractivity contribution is 5.73. The predicted molar refractivity (Wildman–Crippen MR) is 66.0 cm³/mol. The average Bonchev–Trinajstić information content (AvgIpc) is 2.33. The van der Waals surface area contributed by atoms with Gasteiger partial charge in [0, 0.05) is 6.04 Å². The number of allylic oxidation sites excluding steroid dienone is 1. The number of nitrogens with two attached hydrogens (primary N) is 1. The van der Waals surface area contributed by atoms with E-state index in [0.29, 0.717) is 17.3 Å². The molecule has 2 rings (SSSR count). The second kappa shape index (κ2) is 4.71. The molecule has 1 atom stereocenters. The molecule has 0 aliphatic heterocycles. The molecule has 0 bridgehead atoms. The summed E-state index contributed by atoms with van der Waals surface area (Å²) in [5.74, 6) is 0. The SMILES string of the molecule is N#Cc1cccc(NC2CC=CCC2)c1N. The normalized spacial score (nSPS) is 19.1. The van der Waals surface area contributed by atoms with Crippen LogP contribution in [0.5, 0.6) is 0 Å². The molecule has 1 unspecified atom stereocenters. The topological polar surface area (TPSA) is 61.8 Å². The fourth-order valence-corrected chi connectivity index (χ4v) is 1.93. The number of rotatable bonds is 2. The van der Waals surface area contributed by atoms with Crippen molar-refractivity contribution in [3.05, 3.63) is 35.9 Å². The standard InChI is InChI=1S/C13H15N3/c14-9-10-5-4-8-12(13(10)15)16-11-6-2-1-3-7-11/h1-2,4-5,8,11,16H,3,6-7,15H2. The number of benzene rings is 1. The number of nitriles is 1. The minimum absolute atomic E-state index is 0.432. The van der Waals surface area contributed by atoms with E-state index in [1.54, 1.807) is 6.07 Å². The molecule has 1 aliphatic carbocycles. The van der Waals surface area contributed by atoms with Gasteiger partial charge >= 0.3 is 0 Å². The summed E-state index contributed by atoms with van der Waals surface area (Å²) in [4.78, 5) is 0. The minimum atomic E-state index is 0.432. The highest BCUT2D eigenvalue weighted by Gasteiger charge is 2.11. The van der Waals surface area contributed by atoms with Gasteiger partial charge in [0.25, 0.3) is 0 Å². The summed E-state index contributed by atoms with van der Waals surface area (Å²) in [5.41, 5.74) is 7.88. The van der Waals surface area contributed by atoms with Crippen LogP contribution < -0.4 is 11.1 Å². The Balaban J connectivity index is 2.15. The summed E-state index contributed by atoms with van der Waals surface area (Å²) < 4.78 is 0. The Morgan fingerprint density at radius 2 is 2.25 bits per heavy atom. The van der Waals surface area contributed by atoms with Gasteiger partial charge in [-0.3, -0.25) is 0 Å². The van der Waals surface area contributed by atoms with E-state index >= 15 is 0 Å². The molecule has 0 radical (unpaired) electrons. The van der Waals surface area contributed by atoms with E-state index in [4.69, 9.17) is 11.0 Å². The van der Waals surface area contributed by atoms with Gasteiger partial charge in [0.15, 0.2) is 0 Å².